The smallest absolute Gasteiger partial charge is 0.119 e. The summed E-state index contributed by atoms with van der Waals surface area (Å²) in [5, 5.41) is 0.658. The van der Waals surface area contributed by atoms with E-state index in [4.69, 9.17) is 16.3 Å². The van der Waals surface area contributed by atoms with E-state index in [1.807, 2.05) is 0 Å². The van der Waals surface area contributed by atoms with Crippen LogP contribution in [0.5, 0.6) is 5.75 Å². The molecule has 0 saturated carbocycles. The standard InChI is InChI=1S/C10H10ClFO/c1-8(6-12)7-13-10-4-2-9(11)3-5-10/h2-6H,7H2,1H3/b8-6-. The maximum atomic E-state index is 11.9. The molecule has 0 aliphatic rings. The molecule has 0 aliphatic heterocycles. The van der Waals surface area contributed by atoms with Crippen LogP contribution in [0.25, 0.3) is 0 Å². The molecule has 0 fully saturated rings. The van der Waals surface area contributed by atoms with Crippen LogP contribution >= 0.6 is 11.6 Å². The van der Waals surface area contributed by atoms with Crippen molar-refractivity contribution in [1.82, 2.24) is 0 Å². The van der Waals surface area contributed by atoms with E-state index in [2.05, 4.69) is 0 Å². The lowest BCUT2D eigenvalue weighted by Gasteiger charge is -2.04. The number of ether oxygens (including phenoxy) is 1. The minimum Gasteiger partial charge on any atom is -0.489 e. The van der Waals surface area contributed by atoms with Crippen molar-refractivity contribution in [3.8, 4) is 5.75 Å². The summed E-state index contributed by atoms with van der Waals surface area (Å²) in [6.45, 7) is 1.92. The van der Waals surface area contributed by atoms with Crippen LogP contribution in [0, 0.1) is 0 Å². The summed E-state index contributed by atoms with van der Waals surface area (Å²) in [6, 6.07) is 6.94. The summed E-state index contributed by atoms with van der Waals surface area (Å²) < 4.78 is 17.1. The van der Waals surface area contributed by atoms with Gasteiger partial charge in [0.15, 0.2) is 0 Å². The Morgan fingerprint density at radius 3 is 2.62 bits per heavy atom. The van der Waals surface area contributed by atoms with Gasteiger partial charge in [-0.05, 0) is 36.8 Å². The van der Waals surface area contributed by atoms with Gasteiger partial charge in [-0.2, -0.15) is 0 Å². The molecule has 0 N–H and O–H groups in total. The predicted octanol–water partition coefficient (Wildman–Crippen LogP) is 3.59. The Morgan fingerprint density at radius 1 is 1.46 bits per heavy atom. The van der Waals surface area contributed by atoms with Gasteiger partial charge in [0.05, 0.1) is 6.33 Å². The maximum Gasteiger partial charge on any atom is 0.119 e. The van der Waals surface area contributed by atoms with Gasteiger partial charge in [0.1, 0.15) is 12.4 Å². The van der Waals surface area contributed by atoms with Gasteiger partial charge in [0.25, 0.3) is 0 Å². The van der Waals surface area contributed by atoms with Crippen molar-refractivity contribution in [1.29, 1.82) is 0 Å². The first-order chi connectivity index (χ1) is 6.22. The molecular weight excluding hydrogens is 191 g/mol. The van der Waals surface area contributed by atoms with Crippen LogP contribution in [0.15, 0.2) is 36.2 Å². The lowest BCUT2D eigenvalue weighted by molar-refractivity contribution is 0.349. The molecule has 0 radical (unpaired) electrons. The molecule has 3 heteroatoms. The van der Waals surface area contributed by atoms with Crippen LogP contribution in [0.4, 0.5) is 4.39 Å². The molecule has 0 bridgehead atoms. The normalized spacial score (nSPS) is 11.5. The summed E-state index contributed by atoms with van der Waals surface area (Å²) in [5.41, 5.74) is 0.551. The fourth-order valence-corrected chi connectivity index (χ4v) is 0.885. The fraction of sp³-hybridized carbons (Fsp3) is 0.200. The minimum absolute atomic E-state index is 0.262. The second-order valence-electron chi connectivity index (χ2n) is 2.70. The van der Waals surface area contributed by atoms with Gasteiger partial charge in [-0.3, -0.25) is 0 Å². The highest BCUT2D eigenvalue weighted by Crippen LogP contribution is 2.15. The third-order valence-electron chi connectivity index (χ3n) is 1.47. The van der Waals surface area contributed by atoms with Crippen LogP contribution in [0.3, 0.4) is 0 Å². The second-order valence-corrected chi connectivity index (χ2v) is 3.13. The van der Waals surface area contributed by atoms with Gasteiger partial charge in [0, 0.05) is 5.02 Å². The molecule has 13 heavy (non-hydrogen) atoms. The van der Waals surface area contributed by atoms with E-state index in [9.17, 15) is 4.39 Å². The Balaban J connectivity index is 2.51. The van der Waals surface area contributed by atoms with E-state index < -0.39 is 0 Å². The molecular formula is C10H10ClFO. The van der Waals surface area contributed by atoms with Crippen molar-refractivity contribution in [2.75, 3.05) is 6.61 Å². The highest BCUT2D eigenvalue weighted by Gasteiger charge is 1.94. The fourth-order valence-electron chi connectivity index (χ4n) is 0.759. The number of halogens is 2. The summed E-state index contributed by atoms with van der Waals surface area (Å²) in [7, 11) is 0. The van der Waals surface area contributed by atoms with Gasteiger partial charge >= 0.3 is 0 Å². The molecule has 0 spiro atoms. The van der Waals surface area contributed by atoms with E-state index in [0.717, 1.165) is 0 Å². The van der Waals surface area contributed by atoms with E-state index in [0.29, 0.717) is 22.7 Å². The Bertz CT molecular complexity index is 292. The molecule has 1 aromatic rings. The first-order valence-corrected chi connectivity index (χ1v) is 4.24. The predicted molar refractivity (Wildman–Crippen MR) is 51.8 cm³/mol. The molecule has 0 atom stereocenters. The summed E-state index contributed by atoms with van der Waals surface area (Å²) in [4.78, 5) is 0. The molecule has 0 saturated heterocycles. The van der Waals surface area contributed by atoms with E-state index >= 15 is 0 Å². The van der Waals surface area contributed by atoms with E-state index in [-0.39, 0.29) is 6.61 Å². The topological polar surface area (TPSA) is 9.23 Å². The van der Waals surface area contributed by atoms with E-state index in [1.165, 1.54) is 0 Å². The van der Waals surface area contributed by atoms with Crippen molar-refractivity contribution in [2.24, 2.45) is 0 Å². The minimum atomic E-state index is 0.262. The van der Waals surface area contributed by atoms with Crippen LogP contribution in [-0.4, -0.2) is 6.61 Å². The Labute approximate surface area is 81.8 Å². The first-order valence-electron chi connectivity index (χ1n) is 3.86. The average Bonchev–Trinajstić information content (AvgIpc) is 2.16. The number of rotatable bonds is 3. The number of hydrogen-bond acceptors (Lipinski definition) is 1. The molecule has 0 unspecified atom stereocenters. The van der Waals surface area contributed by atoms with Crippen LogP contribution in [0.1, 0.15) is 6.92 Å². The highest BCUT2D eigenvalue weighted by atomic mass is 35.5. The number of hydrogen-bond donors (Lipinski definition) is 0. The third kappa shape index (κ3) is 3.47. The highest BCUT2D eigenvalue weighted by molar-refractivity contribution is 6.30. The van der Waals surface area contributed by atoms with Crippen molar-refractivity contribution in [3.05, 3.63) is 41.2 Å². The van der Waals surface area contributed by atoms with Crippen molar-refractivity contribution < 1.29 is 9.13 Å². The van der Waals surface area contributed by atoms with Crippen molar-refractivity contribution in [3.63, 3.8) is 0 Å². The lowest BCUT2D eigenvalue weighted by atomic mass is 10.3. The first kappa shape index (κ1) is 10.1. The van der Waals surface area contributed by atoms with Gasteiger partial charge < -0.3 is 4.74 Å². The summed E-state index contributed by atoms with van der Waals surface area (Å²) in [5.74, 6) is 0.686. The molecule has 0 amide bonds. The zero-order valence-electron chi connectivity index (χ0n) is 7.26. The van der Waals surface area contributed by atoms with Crippen molar-refractivity contribution in [2.45, 2.75) is 6.92 Å². The zero-order valence-corrected chi connectivity index (χ0v) is 8.01. The van der Waals surface area contributed by atoms with Gasteiger partial charge in [-0.1, -0.05) is 11.6 Å². The Morgan fingerprint density at radius 2 is 2.08 bits per heavy atom. The third-order valence-corrected chi connectivity index (χ3v) is 1.72. The lowest BCUT2D eigenvalue weighted by Crippen LogP contribution is -1.97. The zero-order chi connectivity index (χ0) is 9.68. The largest absolute Gasteiger partial charge is 0.489 e. The molecule has 1 nitrogen and oxygen atoms in total. The molecule has 1 aromatic carbocycles. The van der Waals surface area contributed by atoms with Crippen LogP contribution in [-0.2, 0) is 0 Å². The summed E-state index contributed by atoms with van der Waals surface area (Å²) in [6.07, 6.45) is 0.538. The van der Waals surface area contributed by atoms with Crippen molar-refractivity contribution >= 4 is 11.6 Å². The van der Waals surface area contributed by atoms with Crippen LogP contribution < -0.4 is 4.74 Å². The number of benzene rings is 1. The van der Waals surface area contributed by atoms with E-state index in [1.54, 1.807) is 31.2 Å². The maximum absolute atomic E-state index is 11.9. The molecule has 1 rings (SSSR count). The second kappa shape index (κ2) is 4.87. The molecule has 0 aliphatic carbocycles. The molecule has 0 heterocycles. The summed E-state index contributed by atoms with van der Waals surface area (Å²) >= 11 is 5.67. The average molecular weight is 201 g/mol. The quantitative estimate of drug-likeness (QED) is 0.725. The SMILES string of the molecule is C/C(=C/F)COc1ccc(Cl)cc1. The molecule has 0 aromatic heterocycles. The monoisotopic (exact) mass is 200 g/mol. The Hall–Kier alpha value is -1.02. The van der Waals surface area contributed by atoms with Gasteiger partial charge in [0.2, 0.25) is 0 Å². The van der Waals surface area contributed by atoms with Crippen LogP contribution in [0.2, 0.25) is 5.02 Å². The van der Waals surface area contributed by atoms with Gasteiger partial charge in [-0.15, -0.1) is 0 Å². The Kier molecular flexibility index (Phi) is 3.77. The molecule has 70 valence electrons. The van der Waals surface area contributed by atoms with Gasteiger partial charge in [-0.25, -0.2) is 4.39 Å².